The smallest absolute Gasteiger partial charge is 0.310 e. The molecule has 0 spiro atoms. The van der Waals surface area contributed by atoms with Gasteiger partial charge in [0.15, 0.2) is 0 Å². The van der Waals surface area contributed by atoms with Crippen LogP contribution in [0.15, 0.2) is 0 Å². The zero-order chi connectivity index (χ0) is 8.58. The van der Waals surface area contributed by atoms with E-state index in [9.17, 15) is 4.79 Å². The number of hydrogen-bond donors (Lipinski definition) is 2. The van der Waals surface area contributed by atoms with Gasteiger partial charge in [-0.25, -0.2) is 0 Å². The summed E-state index contributed by atoms with van der Waals surface area (Å²) in [6.45, 7) is 6.66. The van der Waals surface area contributed by atoms with Crippen LogP contribution >= 0.6 is 12.4 Å². The summed E-state index contributed by atoms with van der Waals surface area (Å²) in [5.41, 5.74) is 4.08. The van der Waals surface area contributed by atoms with E-state index in [4.69, 9.17) is 10.8 Å². The molecule has 4 heteroatoms. The third-order valence-corrected chi connectivity index (χ3v) is 2.15. The Labute approximate surface area is 73.4 Å². The van der Waals surface area contributed by atoms with Gasteiger partial charge >= 0.3 is 5.97 Å². The van der Waals surface area contributed by atoms with E-state index in [0.717, 1.165) is 0 Å². The number of carboxylic acids is 1. The Morgan fingerprint density at radius 2 is 1.55 bits per heavy atom. The van der Waals surface area contributed by atoms with E-state index in [1.807, 2.05) is 0 Å². The fraction of sp³-hybridized carbons (Fsp3) is 0.857. The lowest BCUT2D eigenvalue weighted by Gasteiger charge is -2.34. The first-order valence-electron chi connectivity index (χ1n) is 3.22. The van der Waals surface area contributed by atoms with Crippen LogP contribution < -0.4 is 5.73 Å². The van der Waals surface area contributed by atoms with E-state index >= 15 is 0 Å². The van der Waals surface area contributed by atoms with Crippen molar-refractivity contribution in [3.8, 4) is 0 Å². The zero-order valence-corrected chi connectivity index (χ0v) is 8.16. The predicted molar refractivity (Wildman–Crippen MR) is 46.9 cm³/mol. The number of rotatable bonds is 2. The summed E-state index contributed by atoms with van der Waals surface area (Å²) >= 11 is 0. The Hall–Kier alpha value is -0.280. The number of aliphatic carboxylic acids is 1. The van der Waals surface area contributed by atoms with Crippen LogP contribution in [0.3, 0.4) is 0 Å². The molecule has 0 fully saturated rings. The van der Waals surface area contributed by atoms with Gasteiger partial charge in [0, 0.05) is 5.54 Å². The van der Waals surface area contributed by atoms with Gasteiger partial charge in [-0.1, -0.05) is 0 Å². The SMILES string of the molecule is CC(C)(N)C(C)(C)C(=O)O.Cl. The Morgan fingerprint density at radius 1 is 1.27 bits per heavy atom. The summed E-state index contributed by atoms with van der Waals surface area (Å²) in [4.78, 5) is 10.6. The molecule has 0 aliphatic carbocycles. The Bertz CT molecular complexity index is 149. The van der Waals surface area contributed by atoms with Crippen LogP contribution in [-0.2, 0) is 4.79 Å². The summed E-state index contributed by atoms with van der Waals surface area (Å²) in [5, 5.41) is 8.70. The minimum absolute atomic E-state index is 0. The Morgan fingerprint density at radius 3 is 1.55 bits per heavy atom. The minimum atomic E-state index is -0.868. The largest absolute Gasteiger partial charge is 0.481 e. The molecule has 68 valence electrons. The Balaban J connectivity index is 0. The molecule has 0 saturated heterocycles. The first kappa shape index (κ1) is 13.3. The molecule has 0 heterocycles. The van der Waals surface area contributed by atoms with Gasteiger partial charge in [0.25, 0.3) is 0 Å². The monoisotopic (exact) mass is 181 g/mol. The maximum absolute atomic E-state index is 10.6. The van der Waals surface area contributed by atoms with Crippen LogP contribution in [0.1, 0.15) is 27.7 Å². The number of hydrogen-bond acceptors (Lipinski definition) is 2. The molecule has 0 atom stereocenters. The van der Waals surface area contributed by atoms with Crippen molar-refractivity contribution in [1.29, 1.82) is 0 Å². The van der Waals surface area contributed by atoms with Crippen molar-refractivity contribution in [3.63, 3.8) is 0 Å². The van der Waals surface area contributed by atoms with Crippen LogP contribution in [0.25, 0.3) is 0 Å². The van der Waals surface area contributed by atoms with E-state index in [2.05, 4.69) is 0 Å². The molecule has 0 bridgehead atoms. The quantitative estimate of drug-likeness (QED) is 0.674. The summed E-state index contributed by atoms with van der Waals surface area (Å²) in [7, 11) is 0. The lowest BCUT2D eigenvalue weighted by atomic mass is 9.75. The fourth-order valence-corrected chi connectivity index (χ4v) is 0.276. The molecule has 0 saturated carbocycles. The fourth-order valence-electron chi connectivity index (χ4n) is 0.276. The van der Waals surface area contributed by atoms with Crippen LogP contribution in [0.4, 0.5) is 0 Å². The molecule has 0 unspecified atom stereocenters. The molecule has 11 heavy (non-hydrogen) atoms. The third kappa shape index (κ3) is 2.67. The van der Waals surface area contributed by atoms with E-state index < -0.39 is 16.9 Å². The van der Waals surface area contributed by atoms with E-state index in [0.29, 0.717) is 0 Å². The molecule has 0 aromatic heterocycles. The second-order valence-corrected chi connectivity index (χ2v) is 3.65. The van der Waals surface area contributed by atoms with Crippen molar-refractivity contribution in [2.24, 2.45) is 11.1 Å². The Kier molecular flexibility index (Phi) is 4.13. The van der Waals surface area contributed by atoms with E-state index in [1.54, 1.807) is 27.7 Å². The van der Waals surface area contributed by atoms with E-state index in [1.165, 1.54) is 0 Å². The van der Waals surface area contributed by atoms with Crippen LogP contribution in [-0.4, -0.2) is 16.6 Å². The second-order valence-electron chi connectivity index (χ2n) is 3.65. The lowest BCUT2D eigenvalue weighted by Crippen LogP contribution is -2.51. The minimum Gasteiger partial charge on any atom is -0.481 e. The second kappa shape index (κ2) is 3.41. The van der Waals surface area contributed by atoms with Crippen molar-refractivity contribution in [2.75, 3.05) is 0 Å². The van der Waals surface area contributed by atoms with Gasteiger partial charge in [-0.3, -0.25) is 4.79 Å². The molecule has 0 amide bonds. The third-order valence-electron chi connectivity index (χ3n) is 2.15. The van der Waals surface area contributed by atoms with Crippen LogP contribution in [0.2, 0.25) is 0 Å². The van der Waals surface area contributed by atoms with Crippen molar-refractivity contribution in [1.82, 2.24) is 0 Å². The summed E-state index contributed by atoms with van der Waals surface area (Å²) in [6.07, 6.45) is 0. The molecular weight excluding hydrogens is 166 g/mol. The van der Waals surface area contributed by atoms with Gasteiger partial charge in [-0.05, 0) is 27.7 Å². The number of carboxylic acid groups (broad SMARTS) is 1. The van der Waals surface area contributed by atoms with Gasteiger partial charge in [0.2, 0.25) is 0 Å². The van der Waals surface area contributed by atoms with Gasteiger partial charge in [0.1, 0.15) is 0 Å². The molecule has 0 rings (SSSR count). The lowest BCUT2D eigenvalue weighted by molar-refractivity contribution is -0.150. The highest BCUT2D eigenvalue weighted by atomic mass is 35.5. The summed E-state index contributed by atoms with van der Waals surface area (Å²) < 4.78 is 0. The van der Waals surface area contributed by atoms with Gasteiger partial charge < -0.3 is 10.8 Å². The van der Waals surface area contributed by atoms with Crippen molar-refractivity contribution >= 4 is 18.4 Å². The number of halogens is 1. The highest BCUT2D eigenvalue weighted by Crippen LogP contribution is 2.27. The van der Waals surface area contributed by atoms with E-state index in [-0.39, 0.29) is 12.4 Å². The van der Waals surface area contributed by atoms with Crippen LogP contribution in [0.5, 0.6) is 0 Å². The standard InChI is InChI=1S/C7H15NO2.ClH/c1-6(2,5(9)10)7(3,4)8;/h8H2,1-4H3,(H,9,10);1H. The average molecular weight is 182 g/mol. The molecular formula is C7H16ClNO2. The molecule has 0 aromatic carbocycles. The molecule has 0 radical (unpaired) electrons. The molecule has 3 nitrogen and oxygen atoms in total. The number of nitrogens with two attached hydrogens (primary N) is 1. The normalized spacial score (nSPS) is 12.1. The van der Waals surface area contributed by atoms with Crippen molar-refractivity contribution in [2.45, 2.75) is 33.2 Å². The maximum Gasteiger partial charge on any atom is 0.310 e. The average Bonchev–Trinajstić information content (AvgIpc) is 1.62. The van der Waals surface area contributed by atoms with Crippen molar-refractivity contribution in [3.05, 3.63) is 0 Å². The maximum atomic E-state index is 10.6. The van der Waals surface area contributed by atoms with Gasteiger partial charge in [-0.15, -0.1) is 12.4 Å². The van der Waals surface area contributed by atoms with Gasteiger partial charge in [0.05, 0.1) is 5.41 Å². The zero-order valence-electron chi connectivity index (χ0n) is 7.34. The van der Waals surface area contributed by atoms with Crippen molar-refractivity contribution < 1.29 is 9.90 Å². The summed E-state index contributed by atoms with van der Waals surface area (Å²) in [5.74, 6) is -0.861. The van der Waals surface area contributed by atoms with Gasteiger partial charge in [-0.2, -0.15) is 0 Å². The molecule has 0 aliphatic heterocycles. The topological polar surface area (TPSA) is 63.3 Å². The highest BCUT2D eigenvalue weighted by molar-refractivity contribution is 5.85. The molecule has 0 aliphatic rings. The summed E-state index contributed by atoms with van der Waals surface area (Å²) in [6, 6.07) is 0. The first-order chi connectivity index (χ1) is 4.19. The number of carbonyl (C=O) groups is 1. The predicted octanol–water partition coefficient (Wildman–Crippen LogP) is 1.26. The highest BCUT2D eigenvalue weighted by Gasteiger charge is 2.40. The molecule has 0 aromatic rings. The first-order valence-corrected chi connectivity index (χ1v) is 3.22. The van der Waals surface area contributed by atoms with Crippen LogP contribution in [0, 0.1) is 5.41 Å². The molecule has 3 N–H and O–H groups in total.